The highest BCUT2D eigenvalue weighted by molar-refractivity contribution is 6.38. The molecule has 0 saturated carbocycles. The van der Waals surface area contributed by atoms with Gasteiger partial charge < -0.3 is 25.7 Å². The summed E-state index contributed by atoms with van der Waals surface area (Å²) < 4.78 is 19.3. The van der Waals surface area contributed by atoms with Crippen molar-refractivity contribution < 1.29 is 32.8 Å². The number of benzene rings is 3. The molecule has 238 valence electrons. The summed E-state index contributed by atoms with van der Waals surface area (Å²) in [5.74, 6) is -4.62. The number of nitrogens with one attached hydrogen (secondary N) is 4. The number of halogens is 1. The van der Waals surface area contributed by atoms with Crippen LogP contribution in [0.2, 0.25) is 0 Å². The highest BCUT2D eigenvalue weighted by Gasteiger charge is 2.35. The van der Waals surface area contributed by atoms with Gasteiger partial charge in [0.2, 0.25) is 17.6 Å². The third-order valence-corrected chi connectivity index (χ3v) is 7.94. The van der Waals surface area contributed by atoms with E-state index in [1.807, 2.05) is 25.1 Å². The number of piperidine rings is 1. The van der Waals surface area contributed by atoms with Crippen LogP contribution in [0.3, 0.4) is 0 Å². The van der Waals surface area contributed by atoms with Crippen LogP contribution in [0.15, 0.2) is 83.3 Å². The zero-order valence-electron chi connectivity index (χ0n) is 25.3. The number of hydrogen-bond acceptors (Lipinski definition) is 6. The van der Waals surface area contributed by atoms with Crippen LogP contribution in [-0.4, -0.2) is 48.0 Å². The minimum absolute atomic E-state index is 0.0238. The van der Waals surface area contributed by atoms with Gasteiger partial charge in [0.1, 0.15) is 17.4 Å². The molecule has 4 aromatic rings. The fourth-order valence-electron chi connectivity index (χ4n) is 5.44. The van der Waals surface area contributed by atoms with Gasteiger partial charge in [-0.05, 0) is 67.6 Å². The van der Waals surface area contributed by atoms with E-state index in [4.69, 9.17) is 4.42 Å². The van der Waals surface area contributed by atoms with Crippen LogP contribution in [0, 0.1) is 18.7 Å². The number of carbonyl (C=O) groups is 5. The largest absolute Gasteiger partial charge is 0.451 e. The molecule has 0 bridgehead atoms. The maximum absolute atomic E-state index is 13.8. The fourth-order valence-corrected chi connectivity index (χ4v) is 5.44. The average molecular weight is 627 g/mol. The van der Waals surface area contributed by atoms with E-state index < -0.39 is 47.3 Å². The Morgan fingerprint density at radius 1 is 0.935 bits per heavy atom. The number of carbonyl (C=O) groups excluding carboxylic acids is 5. The molecule has 1 aliphatic heterocycles. The van der Waals surface area contributed by atoms with Crippen molar-refractivity contribution in [1.82, 2.24) is 21.3 Å². The summed E-state index contributed by atoms with van der Waals surface area (Å²) in [5.41, 5.74) is 2.79. The number of furan rings is 1. The maximum Gasteiger partial charge on any atom is 0.289 e. The standard InChI is InChI=1S/C35H35FN4O6/c1-21-9-14-29-25(16-21)19-30(46-29)34(44)40-28(17-22-10-12-26(36)13-11-22)33(43)39-27(18-24-8-5-15-37-32(24)42)31(41)35(45)38-20-23-6-3-2-4-7-23/h2-4,6-7,9-14,16,19,24,27-28H,5,8,15,17-18,20H2,1H3,(H,37,42)(H,38,45)(H,39,43)(H,40,44)/t24-,27-,28-/m0/s1. The minimum atomic E-state index is -1.35. The van der Waals surface area contributed by atoms with Gasteiger partial charge in [0.15, 0.2) is 5.76 Å². The van der Waals surface area contributed by atoms with Crippen molar-refractivity contribution in [2.24, 2.45) is 5.92 Å². The predicted molar refractivity (Wildman–Crippen MR) is 168 cm³/mol. The summed E-state index contributed by atoms with van der Waals surface area (Å²) in [6.45, 7) is 2.51. The Morgan fingerprint density at radius 3 is 2.43 bits per heavy atom. The van der Waals surface area contributed by atoms with E-state index in [2.05, 4.69) is 21.3 Å². The quantitative estimate of drug-likeness (QED) is 0.177. The van der Waals surface area contributed by atoms with Crippen LogP contribution in [0.1, 0.15) is 46.5 Å². The number of fused-ring (bicyclic) bond motifs is 1. The van der Waals surface area contributed by atoms with Crippen molar-refractivity contribution in [3.63, 3.8) is 0 Å². The molecule has 1 fully saturated rings. The summed E-state index contributed by atoms with van der Waals surface area (Å²) >= 11 is 0. The smallest absolute Gasteiger partial charge is 0.289 e. The van der Waals surface area contributed by atoms with Gasteiger partial charge in [-0.3, -0.25) is 24.0 Å². The number of Topliss-reactive ketones (excluding diaryl/α,β-unsaturated/α-hetero) is 1. The lowest BCUT2D eigenvalue weighted by Gasteiger charge is -2.27. The molecule has 3 atom stereocenters. The molecule has 0 aliphatic carbocycles. The normalized spacial score (nSPS) is 15.8. The number of amides is 4. The van der Waals surface area contributed by atoms with Crippen LogP contribution in [0.5, 0.6) is 0 Å². The zero-order valence-corrected chi connectivity index (χ0v) is 25.3. The molecule has 5 rings (SSSR count). The van der Waals surface area contributed by atoms with E-state index in [0.717, 1.165) is 11.1 Å². The first kappa shape index (κ1) is 32.1. The van der Waals surface area contributed by atoms with Gasteiger partial charge in [0.25, 0.3) is 11.8 Å². The van der Waals surface area contributed by atoms with Gasteiger partial charge >= 0.3 is 0 Å². The average Bonchev–Trinajstić information content (AvgIpc) is 3.48. The summed E-state index contributed by atoms with van der Waals surface area (Å²) in [6.07, 6.45) is 1.02. The second-order valence-corrected chi connectivity index (χ2v) is 11.5. The topological polar surface area (TPSA) is 147 Å². The van der Waals surface area contributed by atoms with Crippen LogP contribution >= 0.6 is 0 Å². The van der Waals surface area contributed by atoms with Crippen LogP contribution < -0.4 is 21.3 Å². The van der Waals surface area contributed by atoms with Gasteiger partial charge in [-0.2, -0.15) is 0 Å². The Morgan fingerprint density at radius 2 is 1.70 bits per heavy atom. The zero-order chi connectivity index (χ0) is 32.6. The van der Waals surface area contributed by atoms with Gasteiger partial charge in [0.05, 0.1) is 6.04 Å². The van der Waals surface area contributed by atoms with Gasteiger partial charge in [-0.1, -0.05) is 54.1 Å². The molecule has 0 spiro atoms. The number of hydrogen-bond donors (Lipinski definition) is 4. The molecule has 2 heterocycles. The fraction of sp³-hybridized carbons (Fsp3) is 0.286. The van der Waals surface area contributed by atoms with Crippen molar-refractivity contribution in [3.05, 3.63) is 107 Å². The number of ketones is 1. The van der Waals surface area contributed by atoms with Crippen molar-refractivity contribution >= 4 is 40.4 Å². The third-order valence-electron chi connectivity index (χ3n) is 7.94. The van der Waals surface area contributed by atoms with E-state index >= 15 is 0 Å². The van der Waals surface area contributed by atoms with Crippen LogP contribution in [0.4, 0.5) is 4.39 Å². The Balaban J connectivity index is 1.37. The van der Waals surface area contributed by atoms with E-state index in [1.54, 1.807) is 36.4 Å². The maximum atomic E-state index is 13.8. The van der Waals surface area contributed by atoms with Crippen molar-refractivity contribution in [2.45, 2.75) is 51.2 Å². The number of rotatable bonds is 12. The lowest BCUT2D eigenvalue weighted by atomic mass is 9.89. The summed E-state index contributed by atoms with van der Waals surface area (Å²) in [6, 6.07) is 18.9. The summed E-state index contributed by atoms with van der Waals surface area (Å²) in [7, 11) is 0. The van der Waals surface area contributed by atoms with Crippen molar-refractivity contribution in [1.29, 1.82) is 0 Å². The number of aryl methyl sites for hydroxylation is 1. The third kappa shape index (κ3) is 8.23. The molecule has 1 aliphatic rings. The molecule has 1 aromatic heterocycles. The Hall–Kier alpha value is -5.32. The summed E-state index contributed by atoms with van der Waals surface area (Å²) in [5, 5.41) is 11.4. The molecule has 0 unspecified atom stereocenters. The Bertz CT molecular complexity index is 1740. The molecular weight excluding hydrogens is 591 g/mol. The highest BCUT2D eigenvalue weighted by atomic mass is 19.1. The first-order valence-corrected chi connectivity index (χ1v) is 15.2. The van der Waals surface area contributed by atoms with E-state index in [9.17, 15) is 28.4 Å². The van der Waals surface area contributed by atoms with Crippen molar-refractivity contribution in [2.75, 3.05) is 6.54 Å². The van der Waals surface area contributed by atoms with Gasteiger partial charge in [-0.25, -0.2) is 4.39 Å². The molecule has 4 amide bonds. The Kier molecular flexibility index (Phi) is 10.2. The Labute approximate surface area is 265 Å². The lowest BCUT2D eigenvalue weighted by Crippen LogP contribution is -2.55. The SMILES string of the molecule is Cc1ccc2oc(C(=O)N[C@@H](Cc3ccc(F)cc3)C(=O)N[C@@H](C[C@@H]3CCCNC3=O)C(=O)C(=O)NCc3ccccc3)cc2c1. The second-order valence-electron chi connectivity index (χ2n) is 11.5. The molecule has 1 saturated heterocycles. The molecule has 4 N–H and O–H groups in total. The monoisotopic (exact) mass is 626 g/mol. The molecule has 10 nitrogen and oxygen atoms in total. The van der Waals surface area contributed by atoms with Crippen molar-refractivity contribution in [3.8, 4) is 0 Å². The molecule has 0 radical (unpaired) electrons. The summed E-state index contributed by atoms with van der Waals surface area (Å²) in [4.78, 5) is 66.2. The van der Waals surface area contributed by atoms with Crippen LogP contribution in [0.25, 0.3) is 11.0 Å². The molecular formula is C35H35FN4O6. The highest BCUT2D eigenvalue weighted by Crippen LogP contribution is 2.22. The first-order chi connectivity index (χ1) is 22.2. The second kappa shape index (κ2) is 14.6. The van der Waals surface area contributed by atoms with Crippen LogP contribution in [-0.2, 0) is 32.1 Å². The molecule has 3 aromatic carbocycles. The molecule has 46 heavy (non-hydrogen) atoms. The minimum Gasteiger partial charge on any atom is -0.451 e. The first-order valence-electron chi connectivity index (χ1n) is 15.2. The van der Waals surface area contributed by atoms with E-state index in [0.29, 0.717) is 35.9 Å². The van der Waals surface area contributed by atoms with Gasteiger partial charge in [0, 0.05) is 30.8 Å². The van der Waals surface area contributed by atoms with E-state index in [-0.39, 0.29) is 31.1 Å². The lowest BCUT2D eigenvalue weighted by molar-refractivity contribution is -0.141. The molecule has 11 heteroatoms. The van der Waals surface area contributed by atoms with E-state index in [1.165, 1.54) is 24.3 Å². The predicted octanol–water partition coefficient (Wildman–Crippen LogP) is 3.51. The van der Waals surface area contributed by atoms with Gasteiger partial charge in [-0.15, -0.1) is 0 Å².